The summed E-state index contributed by atoms with van der Waals surface area (Å²) in [5, 5.41) is 3.09. The molecule has 1 aliphatic carbocycles. The van der Waals surface area contributed by atoms with Crippen molar-refractivity contribution < 1.29 is 18.8 Å². The number of anilines is 1. The van der Waals surface area contributed by atoms with Crippen LogP contribution in [0.4, 0.5) is 5.69 Å². The summed E-state index contributed by atoms with van der Waals surface area (Å²) >= 11 is 0. The monoisotopic (exact) mass is 475 g/mol. The molecule has 0 radical (unpaired) electrons. The zero-order valence-electron chi connectivity index (χ0n) is 21.0. The van der Waals surface area contributed by atoms with Crippen molar-refractivity contribution in [2.24, 2.45) is 5.92 Å². The minimum Gasteiger partial charge on any atom is -0.455 e. The van der Waals surface area contributed by atoms with Gasteiger partial charge in [-0.1, -0.05) is 68.1 Å². The van der Waals surface area contributed by atoms with Gasteiger partial charge in [-0.3, -0.25) is 9.59 Å². The number of carbonyl (C=O) groups excluding carboxylic acids is 2. The summed E-state index contributed by atoms with van der Waals surface area (Å²) in [4.78, 5) is 26.9. The smallest absolute Gasteiger partial charge is 0.317 e. The first-order chi connectivity index (χ1) is 17.0. The predicted molar refractivity (Wildman–Crippen MR) is 138 cm³/mol. The highest BCUT2D eigenvalue weighted by molar-refractivity contribution is 5.91. The molecule has 6 rings (SSSR count). The van der Waals surface area contributed by atoms with Crippen LogP contribution >= 0.6 is 0 Å². The van der Waals surface area contributed by atoms with Gasteiger partial charge in [0.1, 0.15) is 6.54 Å². The van der Waals surface area contributed by atoms with Crippen molar-refractivity contribution in [3.8, 4) is 0 Å². The molecule has 5 nitrogen and oxygen atoms in total. The van der Waals surface area contributed by atoms with E-state index < -0.39 is 5.41 Å². The van der Waals surface area contributed by atoms with Crippen LogP contribution in [0.3, 0.4) is 0 Å². The molecule has 186 valence electrons. The molecule has 1 saturated carbocycles. The lowest BCUT2D eigenvalue weighted by atomic mass is 9.74. The molecule has 4 fully saturated rings. The van der Waals surface area contributed by atoms with Gasteiger partial charge in [-0.25, -0.2) is 0 Å². The summed E-state index contributed by atoms with van der Waals surface area (Å²) in [5.41, 5.74) is 2.55. The Balaban J connectivity index is 1.29. The fraction of sp³-hybridized carbons (Fsp3) is 0.533. The highest BCUT2D eigenvalue weighted by Crippen LogP contribution is 2.42. The number of esters is 1. The third-order valence-corrected chi connectivity index (χ3v) is 8.75. The molecule has 35 heavy (non-hydrogen) atoms. The third-order valence-electron chi connectivity index (χ3n) is 8.75. The van der Waals surface area contributed by atoms with E-state index in [1.54, 1.807) is 0 Å². The van der Waals surface area contributed by atoms with Crippen molar-refractivity contribution >= 4 is 17.6 Å². The Morgan fingerprint density at radius 2 is 1.69 bits per heavy atom. The van der Waals surface area contributed by atoms with E-state index in [-0.39, 0.29) is 18.0 Å². The first kappa shape index (κ1) is 24.1. The van der Waals surface area contributed by atoms with E-state index >= 15 is 0 Å². The highest BCUT2D eigenvalue weighted by atomic mass is 16.5. The van der Waals surface area contributed by atoms with Crippen LogP contribution in [-0.2, 0) is 19.7 Å². The Kier molecular flexibility index (Phi) is 6.97. The summed E-state index contributed by atoms with van der Waals surface area (Å²) in [6, 6.07) is 18.2. The van der Waals surface area contributed by atoms with Crippen LogP contribution in [0.5, 0.6) is 0 Å². The van der Waals surface area contributed by atoms with Crippen molar-refractivity contribution in [1.29, 1.82) is 0 Å². The second-order valence-electron chi connectivity index (χ2n) is 11.2. The lowest BCUT2D eigenvalue weighted by Crippen LogP contribution is -2.66. The molecule has 3 heterocycles. The van der Waals surface area contributed by atoms with E-state index in [0.717, 1.165) is 79.5 Å². The number of piperidine rings is 3. The van der Waals surface area contributed by atoms with E-state index in [1.807, 2.05) is 49.4 Å². The first-order valence-corrected chi connectivity index (χ1v) is 13.5. The van der Waals surface area contributed by atoms with Gasteiger partial charge in [0.05, 0.1) is 18.5 Å². The van der Waals surface area contributed by atoms with Crippen molar-refractivity contribution in [2.45, 2.75) is 69.8 Å². The van der Waals surface area contributed by atoms with Crippen LogP contribution in [0.15, 0.2) is 54.6 Å². The Morgan fingerprint density at radius 3 is 2.37 bits per heavy atom. The molecule has 2 aromatic carbocycles. The van der Waals surface area contributed by atoms with Gasteiger partial charge in [-0.15, -0.1) is 0 Å². The fourth-order valence-corrected chi connectivity index (χ4v) is 6.76. The number of benzene rings is 2. The molecule has 1 atom stereocenters. The summed E-state index contributed by atoms with van der Waals surface area (Å²) in [6.45, 7) is 5.21. The summed E-state index contributed by atoms with van der Waals surface area (Å²) in [6.07, 6.45) is 8.18. The first-order valence-electron chi connectivity index (χ1n) is 13.5. The minimum absolute atomic E-state index is 0.0355. The number of carbonyl (C=O) groups is 2. The molecule has 1 N–H and O–H groups in total. The summed E-state index contributed by atoms with van der Waals surface area (Å²) < 4.78 is 7.16. The molecular formula is C30H39N2O3+. The number of nitrogens with one attached hydrogen (secondary N) is 1. The number of fused-ring (bicyclic) bond motifs is 3. The fourth-order valence-electron chi connectivity index (χ4n) is 6.76. The molecule has 3 saturated heterocycles. The maximum atomic E-state index is 13.9. The second kappa shape index (κ2) is 10.1. The van der Waals surface area contributed by atoms with Crippen LogP contribution in [0.25, 0.3) is 0 Å². The Morgan fingerprint density at radius 1 is 0.971 bits per heavy atom. The Labute approximate surface area is 209 Å². The molecule has 0 unspecified atom stereocenters. The Bertz CT molecular complexity index is 1030. The molecule has 5 heteroatoms. The van der Waals surface area contributed by atoms with E-state index in [4.69, 9.17) is 4.74 Å². The second-order valence-corrected chi connectivity index (χ2v) is 11.2. The van der Waals surface area contributed by atoms with Crippen LogP contribution < -0.4 is 5.32 Å². The van der Waals surface area contributed by atoms with Crippen molar-refractivity contribution in [3.63, 3.8) is 0 Å². The Hall–Kier alpha value is -2.66. The average molecular weight is 476 g/mol. The third kappa shape index (κ3) is 5.16. The van der Waals surface area contributed by atoms with Crippen LogP contribution in [0, 0.1) is 12.8 Å². The largest absolute Gasteiger partial charge is 0.455 e. The highest BCUT2D eigenvalue weighted by Gasteiger charge is 2.51. The molecule has 2 aromatic rings. The number of hydrogen-bond acceptors (Lipinski definition) is 3. The quantitative estimate of drug-likeness (QED) is 0.347. The SMILES string of the molecule is Cc1cccc(NC(=O)C[N+]23CCC(CC2)[C@@H](OC(=O)C2(c4ccccc4)CCCCCC2)C3)c1. The molecule has 0 spiro atoms. The van der Waals surface area contributed by atoms with Crippen LogP contribution in [0.1, 0.15) is 62.5 Å². The molecule has 3 aliphatic heterocycles. The number of aryl methyl sites for hydroxylation is 1. The van der Waals surface area contributed by atoms with Gasteiger partial charge in [0.25, 0.3) is 5.91 Å². The summed E-state index contributed by atoms with van der Waals surface area (Å²) in [7, 11) is 0. The van der Waals surface area contributed by atoms with Crippen molar-refractivity contribution in [1.82, 2.24) is 0 Å². The zero-order valence-corrected chi connectivity index (χ0v) is 21.0. The van der Waals surface area contributed by atoms with Crippen LogP contribution in [0.2, 0.25) is 0 Å². The predicted octanol–water partition coefficient (Wildman–Crippen LogP) is 5.38. The maximum absolute atomic E-state index is 13.9. The molecule has 2 bridgehead atoms. The maximum Gasteiger partial charge on any atom is 0.317 e. The minimum atomic E-state index is -0.531. The van der Waals surface area contributed by atoms with E-state index in [9.17, 15) is 9.59 Å². The van der Waals surface area contributed by atoms with Gasteiger partial charge in [0, 0.05) is 24.4 Å². The standard InChI is InChI=1S/C30H38N2O3/c1-23-10-9-13-26(20-23)31-28(33)22-32-18-14-24(15-19-32)27(21-32)35-29(34)30(16-7-2-3-8-17-30)25-11-5-4-6-12-25/h4-6,9-13,20,24,27H,2-3,7-8,14-19,21-22H2,1H3/p+1/t24?,27-,32?/m0/s1. The molecule has 0 aromatic heterocycles. The molecule has 1 amide bonds. The van der Waals surface area contributed by atoms with Gasteiger partial charge in [-0.2, -0.15) is 0 Å². The van der Waals surface area contributed by atoms with Gasteiger partial charge >= 0.3 is 5.97 Å². The lowest BCUT2D eigenvalue weighted by molar-refractivity contribution is -0.939. The van der Waals surface area contributed by atoms with E-state index in [2.05, 4.69) is 17.4 Å². The van der Waals surface area contributed by atoms with Crippen LogP contribution in [-0.4, -0.2) is 48.6 Å². The summed E-state index contributed by atoms with van der Waals surface area (Å²) in [5.74, 6) is 0.426. The molecular weight excluding hydrogens is 436 g/mol. The number of nitrogens with zero attached hydrogens (tertiary/aromatic N) is 1. The van der Waals surface area contributed by atoms with Gasteiger partial charge in [0.2, 0.25) is 0 Å². The number of quaternary nitrogens is 1. The lowest BCUT2D eigenvalue weighted by Gasteiger charge is -2.52. The zero-order chi connectivity index (χ0) is 24.3. The number of amides is 1. The van der Waals surface area contributed by atoms with Gasteiger partial charge < -0.3 is 14.5 Å². The number of rotatable bonds is 6. The topological polar surface area (TPSA) is 55.4 Å². The average Bonchev–Trinajstić information content (AvgIpc) is 3.12. The number of hydrogen-bond donors (Lipinski definition) is 1. The molecule has 4 aliphatic rings. The number of ether oxygens (including phenoxy) is 1. The van der Waals surface area contributed by atoms with Gasteiger partial charge in [-0.05, 0) is 43.0 Å². The van der Waals surface area contributed by atoms with E-state index in [1.165, 1.54) is 12.8 Å². The van der Waals surface area contributed by atoms with E-state index in [0.29, 0.717) is 12.5 Å². The normalized spacial score (nSPS) is 27.6. The van der Waals surface area contributed by atoms with Gasteiger partial charge in [0.15, 0.2) is 12.6 Å². The van der Waals surface area contributed by atoms with Crippen molar-refractivity contribution in [3.05, 3.63) is 65.7 Å². The van der Waals surface area contributed by atoms with Crippen molar-refractivity contribution in [2.75, 3.05) is 31.5 Å².